The second kappa shape index (κ2) is 8.51. The number of nitrogens with one attached hydrogen (secondary N) is 2. The van der Waals surface area contributed by atoms with Gasteiger partial charge in [0.1, 0.15) is 0 Å². The minimum absolute atomic E-state index is 0. The molecule has 28 heavy (non-hydrogen) atoms. The summed E-state index contributed by atoms with van der Waals surface area (Å²) in [5.74, 6) is 0.844. The fraction of sp³-hybridized carbons (Fsp3) is 0.350. The molecule has 0 saturated carbocycles. The molecule has 1 aromatic heterocycles. The lowest BCUT2D eigenvalue weighted by Gasteiger charge is -2.23. The molecular weight excluding hydrogens is 396 g/mol. The Labute approximate surface area is 171 Å². The number of rotatable bonds is 5. The zero-order valence-electron chi connectivity index (χ0n) is 15.8. The van der Waals surface area contributed by atoms with Gasteiger partial charge >= 0.3 is 0 Å². The summed E-state index contributed by atoms with van der Waals surface area (Å²) in [7, 11) is -3.75. The topological polar surface area (TPSA) is 76.0 Å². The predicted octanol–water partition coefficient (Wildman–Crippen LogP) is 3.42. The maximum absolute atomic E-state index is 13.4. The Morgan fingerprint density at radius 1 is 1.18 bits per heavy atom. The molecule has 2 aromatic carbocycles. The Bertz CT molecular complexity index is 1040. The highest BCUT2D eigenvalue weighted by molar-refractivity contribution is 7.90. The molecule has 1 atom stereocenters. The number of aromatic nitrogens is 2. The summed E-state index contributed by atoms with van der Waals surface area (Å²) in [6.07, 6.45) is 2.27. The number of para-hydroxylation sites is 2. The molecule has 1 unspecified atom stereocenters. The average molecular weight is 421 g/mol. The standard InChI is InChI=1S/C20H24N4O2S.ClH/c1-15-8-10-17(11-9-15)27(25,26)24-19-7-3-2-6-18(19)23-20(24)22-14-16-5-4-12-21-13-16;/h2-3,6-11,16,21H,4-5,12-14H2,1H3,(H,22,23);1H. The number of fused-ring (bicyclic) bond motifs is 1. The van der Waals surface area contributed by atoms with E-state index in [1.807, 2.05) is 37.3 Å². The second-order valence-corrected chi connectivity index (χ2v) is 8.89. The van der Waals surface area contributed by atoms with Crippen LogP contribution < -0.4 is 10.6 Å². The third-order valence-corrected chi connectivity index (χ3v) is 6.74. The van der Waals surface area contributed by atoms with E-state index in [9.17, 15) is 8.42 Å². The van der Waals surface area contributed by atoms with Gasteiger partial charge in [-0.25, -0.2) is 17.4 Å². The number of piperidine rings is 1. The second-order valence-electron chi connectivity index (χ2n) is 7.10. The Kier molecular flexibility index (Phi) is 6.27. The van der Waals surface area contributed by atoms with E-state index in [2.05, 4.69) is 15.6 Å². The van der Waals surface area contributed by atoms with Gasteiger partial charge in [-0.05, 0) is 63.0 Å². The molecule has 8 heteroatoms. The van der Waals surface area contributed by atoms with Crippen LogP contribution in [0.4, 0.5) is 5.95 Å². The van der Waals surface area contributed by atoms with Gasteiger partial charge in [-0.1, -0.05) is 29.8 Å². The normalized spacial score (nSPS) is 17.2. The summed E-state index contributed by atoms with van der Waals surface area (Å²) >= 11 is 0. The van der Waals surface area contributed by atoms with Gasteiger partial charge in [-0.2, -0.15) is 0 Å². The molecule has 150 valence electrons. The molecule has 1 saturated heterocycles. The van der Waals surface area contributed by atoms with Crippen LogP contribution in [0, 0.1) is 12.8 Å². The highest BCUT2D eigenvalue weighted by Gasteiger charge is 2.25. The van der Waals surface area contributed by atoms with Gasteiger partial charge in [0.15, 0.2) is 0 Å². The zero-order chi connectivity index (χ0) is 18.9. The van der Waals surface area contributed by atoms with Gasteiger partial charge in [-0.15, -0.1) is 12.4 Å². The molecule has 0 radical (unpaired) electrons. The molecule has 1 fully saturated rings. The number of hydrogen-bond donors (Lipinski definition) is 2. The molecule has 2 N–H and O–H groups in total. The van der Waals surface area contributed by atoms with Gasteiger partial charge in [0, 0.05) is 6.54 Å². The first-order chi connectivity index (χ1) is 13.1. The van der Waals surface area contributed by atoms with Crippen molar-refractivity contribution in [2.24, 2.45) is 5.92 Å². The largest absolute Gasteiger partial charge is 0.354 e. The third-order valence-electron chi connectivity index (χ3n) is 5.03. The Hall–Kier alpha value is -2.09. The number of imidazole rings is 1. The van der Waals surface area contributed by atoms with Crippen LogP contribution >= 0.6 is 12.4 Å². The predicted molar refractivity (Wildman–Crippen MR) is 115 cm³/mol. The molecule has 1 aliphatic rings. The summed E-state index contributed by atoms with van der Waals surface area (Å²) in [6.45, 7) is 4.63. The number of benzene rings is 2. The van der Waals surface area contributed by atoms with Crippen LogP contribution in [0.15, 0.2) is 53.4 Å². The first-order valence-electron chi connectivity index (χ1n) is 9.30. The van der Waals surface area contributed by atoms with Crippen molar-refractivity contribution in [1.29, 1.82) is 0 Å². The molecule has 0 bridgehead atoms. The van der Waals surface area contributed by atoms with Crippen LogP contribution in [-0.2, 0) is 10.0 Å². The summed E-state index contributed by atoms with van der Waals surface area (Å²) in [5, 5.41) is 6.68. The van der Waals surface area contributed by atoms with Gasteiger partial charge in [-0.3, -0.25) is 0 Å². The van der Waals surface area contributed by atoms with Gasteiger partial charge < -0.3 is 10.6 Å². The number of aryl methyl sites for hydroxylation is 1. The number of anilines is 1. The third kappa shape index (κ3) is 4.01. The van der Waals surface area contributed by atoms with Crippen molar-refractivity contribution in [2.75, 3.05) is 25.0 Å². The summed E-state index contributed by atoms with van der Waals surface area (Å²) in [4.78, 5) is 4.82. The van der Waals surface area contributed by atoms with Crippen molar-refractivity contribution in [3.63, 3.8) is 0 Å². The van der Waals surface area contributed by atoms with E-state index >= 15 is 0 Å². The summed E-state index contributed by atoms with van der Waals surface area (Å²) in [5.41, 5.74) is 2.27. The molecule has 1 aliphatic heterocycles. The van der Waals surface area contributed by atoms with E-state index in [1.165, 1.54) is 3.97 Å². The smallest absolute Gasteiger partial charge is 0.271 e. The molecular formula is C20H25ClN4O2S. The Morgan fingerprint density at radius 2 is 1.93 bits per heavy atom. The molecule has 3 aromatic rings. The summed E-state index contributed by atoms with van der Waals surface area (Å²) < 4.78 is 28.1. The number of hydrogen-bond acceptors (Lipinski definition) is 5. The first kappa shape index (κ1) is 20.6. The molecule has 2 heterocycles. The van der Waals surface area contributed by atoms with Crippen molar-refractivity contribution in [1.82, 2.24) is 14.3 Å². The van der Waals surface area contributed by atoms with Crippen LogP contribution in [0.25, 0.3) is 11.0 Å². The van der Waals surface area contributed by atoms with E-state index in [4.69, 9.17) is 0 Å². The van der Waals surface area contributed by atoms with E-state index in [0.717, 1.165) is 31.5 Å². The quantitative estimate of drug-likeness (QED) is 0.661. The average Bonchev–Trinajstić information content (AvgIpc) is 3.07. The number of halogens is 1. The zero-order valence-corrected chi connectivity index (χ0v) is 17.4. The van der Waals surface area contributed by atoms with Gasteiger partial charge in [0.2, 0.25) is 5.95 Å². The minimum Gasteiger partial charge on any atom is -0.354 e. The van der Waals surface area contributed by atoms with Crippen molar-refractivity contribution in [3.05, 3.63) is 54.1 Å². The lowest BCUT2D eigenvalue weighted by atomic mass is 10.00. The fourth-order valence-corrected chi connectivity index (χ4v) is 4.95. The minimum atomic E-state index is -3.75. The van der Waals surface area contributed by atoms with E-state index in [0.29, 0.717) is 29.4 Å². The van der Waals surface area contributed by atoms with Gasteiger partial charge in [0.25, 0.3) is 10.0 Å². The van der Waals surface area contributed by atoms with Crippen molar-refractivity contribution in [2.45, 2.75) is 24.7 Å². The lowest BCUT2D eigenvalue weighted by molar-refractivity contribution is 0.392. The van der Waals surface area contributed by atoms with E-state index in [1.54, 1.807) is 18.2 Å². The fourth-order valence-electron chi connectivity index (χ4n) is 3.51. The van der Waals surface area contributed by atoms with Crippen molar-refractivity contribution in [3.8, 4) is 0 Å². The molecule has 0 spiro atoms. The van der Waals surface area contributed by atoms with Crippen LogP contribution in [0.3, 0.4) is 0 Å². The maximum atomic E-state index is 13.4. The lowest BCUT2D eigenvalue weighted by Crippen LogP contribution is -2.34. The highest BCUT2D eigenvalue weighted by Crippen LogP contribution is 2.26. The van der Waals surface area contributed by atoms with Crippen molar-refractivity contribution < 1.29 is 8.42 Å². The van der Waals surface area contributed by atoms with Crippen LogP contribution in [0.5, 0.6) is 0 Å². The van der Waals surface area contributed by atoms with Crippen molar-refractivity contribution >= 4 is 39.4 Å². The monoisotopic (exact) mass is 420 g/mol. The molecule has 6 nitrogen and oxygen atoms in total. The maximum Gasteiger partial charge on any atom is 0.271 e. The Balaban J connectivity index is 0.00000225. The highest BCUT2D eigenvalue weighted by atomic mass is 35.5. The molecule has 4 rings (SSSR count). The first-order valence-corrected chi connectivity index (χ1v) is 10.7. The van der Waals surface area contributed by atoms with Crippen LogP contribution in [0.1, 0.15) is 18.4 Å². The SMILES string of the molecule is Cc1ccc(S(=O)(=O)n2c(NCC3CCCNC3)nc3ccccc32)cc1.Cl. The Morgan fingerprint density at radius 3 is 2.64 bits per heavy atom. The van der Waals surface area contributed by atoms with Crippen LogP contribution in [0.2, 0.25) is 0 Å². The molecule has 0 aliphatic carbocycles. The van der Waals surface area contributed by atoms with Gasteiger partial charge in [0.05, 0.1) is 15.9 Å². The molecule has 0 amide bonds. The van der Waals surface area contributed by atoms with E-state index in [-0.39, 0.29) is 17.3 Å². The summed E-state index contributed by atoms with van der Waals surface area (Å²) in [6, 6.07) is 14.3. The van der Waals surface area contributed by atoms with E-state index < -0.39 is 10.0 Å². The van der Waals surface area contributed by atoms with Crippen LogP contribution in [-0.4, -0.2) is 37.0 Å². The number of nitrogens with zero attached hydrogens (tertiary/aromatic N) is 2.